The van der Waals surface area contributed by atoms with Crippen LogP contribution in [0.5, 0.6) is 0 Å². The summed E-state index contributed by atoms with van der Waals surface area (Å²) in [4.78, 5) is 11.4. The number of sulfone groups is 1. The molecule has 0 atom stereocenters. The van der Waals surface area contributed by atoms with Gasteiger partial charge < -0.3 is 5.32 Å². The van der Waals surface area contributed by atoms with Crippen molar-refractivity contribution in [2.75, 3.05) is 18.6 Å². The molecule has 0 spiro atoms. The maximum Gasteiger partial charge on any atom is 0.273 e. The zero-order valence-corrected chi connectivity index (χ0v) is 13.2. The Morgan fingerprint density at radius 2 is 1.95 bits per heavy atom. The fourth-order valence-corrected chi connectivity index (χ4v) is 3.28. The highest BCUT2D eigenvalue weighted by molar-refractivity contribution is 8.13. The largest absolute Gasteiger partial charge is 0.350 e. The summed E-state index contributed by atoms with van der Waals surface area (Å²) >= 11 is 0. The highest BCUT2D eigenvalue weighted by atomic mass is 35.7. The number of carbonyl (C=O) groups excluding carboxylic acids is 1. The van der Waals surface area contributed by atoms with Gasteiger partial charge in [-0.15, -0.1) is 0 Å². The fourth-order valence-electron chi connectivity index (χ4n) is 1.46. The number of nitrogens with one attached hydrogen (secondary N) is 2. The Morgan fingerprint density at radius 3 is 2.40 bits per heavy atom. The molecule has 0 saturated heterocycles. The Balaban J connectivity index is 2.98. The van der Waals surface area contributed by atoms with Crippen molar-refractivity contribution in [2.45, 2.75) is 18.2 Å². The van der Waals surface area contributed by atoms with Crippen LogP contribution in [0.4, 0.5) is 0 Å². The van der Waals surface area contributed by atoms with E-state index in [1.54, 1.807) is 6.92 Å². The molecule has 2 N–H and O–H groups in total. The zero-order valence-electron chi connectivity index (χ0n) is 10.8. The predicted molar refractivity (Wildman–Crippen MR) is 73.0 cm³/mol. The van der Waals surface area contributed by atoms with Crippen LogP contribution in [-0.2, 0) is 25.3 Å². The maximum absolute atomic E-state index is 11.8. The SMILES string of the molecule is CCc1[nH]nc(C(=O)NCCS(C)(=O)=O)c1S(=O)(=O)Cl. The first kappa shape index (κ1) is 16.9. The van der Waals surface area contributed by atoms with E-state index >= 15 is 0 Å². The Hall–Kier alpha value is -1.13. The van der Waals surface area contributed by atoms with Crippen LogP contribution in [-0.4, -0.2) is 51.5 Å². The number of amides is 1. The topological polar surface area (TPSA) is 126 Å². The van der Waals surface area contributed by atoms with Crippen LogP contribution < -0.4 is 5.32 Å². The second-order valence-electron chi connectivity index (χ2n) is 4.06. The number of aromatic nitrogens is 2. The Kier molecular flexibility index (Phi) is 5.16. The molecular formula is C9H14ClN3O5S2. The van der Waals surface area contributed by atoms with Crippen LogP contribution in [0.15, 0.2) is 4.90 Å². The van der Waals surface area contributed by atoms with Crippen molar-refractivity contribution in [3.05, 3.63) is 11.4 Å². The number of rotatable bonds is 6. The van der Waals surface area contributed by atoms with Gasteiger partial charge in [-0.05, 0) is 6.42 Å². The number of carbonyl (C=O) groups is 1. The van der Waals surface area contributed by atoms with E-state index in [1.807, 2.05) is 0 Å². The summed E-state index contributed by atoms with van der Waals surface area (Å²) in [5.74, 6) is -1.06. The number of hydrogen-bond donors (Lipinski definition) is 2. The van der Waals surface area contributed by atoms with Gasteiger partial charge in [-0.25, -0.2) is 16.8 Å². The van der Waals surface area contributed by atoms with E-state index < -0.39 is 24.8 Å². The Bertz CT molecular complexity index is 708. The molecule has 1 aromatic rings. The molecule has 0 aromatic carbocycles. The highest BCUT2D eigenvalue weighted by Crippen LogP contribution is 2.22. The average Bonchev–Trinajstić information content (AvgIpc) is 2.70. The summed E-state index contributed by atoms with van der Waals surface area (Å²) in [7, 11) is -2.08. The van der Waals surface area contributed by atoms with Gasteiger partial charge >= 0.3 is 0 Å². The normalized spacial score (nSPS) is 12.3. The molecule has 1 rings (SSSR count). The third kappa shape index (κ3) is 4.46. The van der Waals surface area contributed by atoms with Crippen molar-refractivity contribution in [3.63, 3.8) is 0 Å². The third-order valence-corrected chi connectivity index (χ3v) is 4.70. The number of aryl methyl sites for hydroxylation is 1. The van der Waals surface area contributed by atoms with Gasteiger partial charge in [0, 0.05) is 23.5 Å². The van der Waals surface area contributed by atoms with Crippen molar-refractivity contribution in [1.82, 2.24) is 15.5 Å². The van der Waals surface area contributed by atoms with E-state index in [0.717, 1.165) is 6.26 Å². The quantitative estimate of drug-likeness (QED) is 0.681. The lowest BCUT2D eigenvalue weighted by atomic mass is 10.3. The Morgan fingerprint density at radius 1 is 1.35 bits per heavy atom. The summed E-state index contributed by atoms with van der Waals surface area (Å²) in [5.41, 5.74) is -0.154. The monoisotopic (exact) mass is 343 g/mol. The zero-order chi connectivity index (χ0) is 15.6. The van der Waals surface area contributed by atoms with Gasteiger partial charge in [0.15, 0.2) is 5.69 Å². The molecule has 20 heavy (non-hydrogen) atoms. The lowest BCUT2D eigenvalue weighted by Gasteiger charge is -2.03. The lowest BCUT2D eigenvalue weighted by molar-refractivity contribution is 0.0948. The smallest absolute Gasteiger partial charge is 0.273 e. The van der Waals surface area contributed by atoms with Gasteiger partial charge in [0.2, 0.25) is 0 Å². The van der Waals surface area contributed by atoms with E-state index in [2.05, 4.69) is 15.5 Å². The molecule has 1 aromatic heterocycles. The summed E-state index contributed by atoms with van der Waals surface area (Å²) in [6, 6.07) is 0. The second kappa shape index (κ2) is 6.10. The van der Waals surface area contributed by atoms with Crippen LogP contribution in [0, 0.1) is 0 Å². The van der Waals surface area contributed by atoms with E-state index in [-0.39, 0.29) is 28.6 Å². The standard InChI is InChI=1S/C9H14ClN3O5S2/c1-3-6-8(20(10,17)18)7(13-12-6)9(14)11-4-5-19(2,15)16/h3-5H2,1-2H3,(H,11,14)(H,12,13). The number of aromatic amines is 1. The second-order valence-corrected chi connectivity index (χ2v) is 8.82. The number of nitrogens with zero attached hydrogens (tertiary/aromatic N) is 1. The molecule has 1 amide bonds. The van der Waals surface area contributed by atoms with Gasteiger partial charge in [-0.3, -0.25) is 9.89 Å². The van der Waals surface area contributed by atoms with Crippen molar-refractivity contribution in [1.29, 1.82) is 0 Å². The minimum atomic E-state index is -4.13. The molecule has 0 fully saturated rings. The van der Waals surface area contributed by atoms with Gasteiger partial charge in [0.1, 0.15) is 14.7 Å². The van der Waals surface area contributed by atoms with Crippen LogP contribution in [0.3, 0.4) is 0 Å². The fraction of sp³-hybridized carbons (Fsp3) is 0.556. The van der Waals surface area contributed by atoms with Gasteiger partial charge in [-0.2, -0.15) is 5.10 Å². The Labute approximate surface area is 121 Å². The number of hydrogen-bond acceptors (Lipinski definition) is 6. The van der Waals surface area contributed by atoms with E-state index in [4.69, 9.17) is 10.7 Å². The third-order valence-electron chi connectivity index (χ3n) is 2.36. The van der Waals surface area contributed by atoms with Crippen LogP contribution in [0.25, 0.3) is 0 Å². The summed E-state index contributed by atoms with van der Waals surface area (Å²) in [6.45, 7) is 1.53. The molecule has 8 nitrogen and oxygen atoms in total. The molecule has 0 saturated carbocycles. The number of halogens is 1. The van der Waals surface area contributed by atoms with Crippen molar-refractivity contribution in [2.24, 2.45) is 0 Å². The molecule has 0 aliphatic carbocycles. The summed E-state index contributed by atoms with van der Waals surface area (Å²) in [5, 5.41) is 8.33. The average molecular weight is 344 g/mol. The summed E-state index contributed by atoms with van der Waals surface area (Å²) in [6.07, 6.45) is 1.32. The van der Waals surface area contributed by atoms with Crippen LogP contribution >= 0.6 is 10.7 Å². The minimum absolute atomic E-state index is 0.145. The highest BCUT2D eigenvalue weighted by Gasteiger charge is 2.27. The molecule has 0 aliphatic rings. The molecular weight excluding hydrogens is 330 g/mol. The first-order valence-electron chi connectivity index (χ1n) is 5.54. The van der Waals surface area contributed by atoms with Crippen LogP contribution in [0.2, 0.25) is 0 Å². The van der Waals surface area contributed by atoms with E-state index in [9.17, 15) is 21.6 Å². The number of H-pyrrole nitrogens is 1. The van der Waals surface area contributed by atoms with Gasteiger partial charge in [-0.1, -0.05) is 6.92 Å². The van der Waals surface area contributed by atoms with Crippen LogP contribution in [0.1, 0.15) is 23.1 Å². The molecule has 114 valence electrons. The molecule has 0 radical (unpaired) electrons. The van der Waals surface area contributed by atoms with Gasteiger partial charge in [0.05, 0.1) is 11.4 Å². The molecule has 0 aliphatic heterocycles. The first-order chi connectivity index (χ1) is 9.06. The maximum atomic E-state index is 11.8. The molecule has 11 heteroatoms. The lowest BCUT2D eigenvalue weighted by Crippen LogP contribution is -2.29. The summed E-state index contributed by atoms with van der Waals surface area (Å²) < 4.78 is 44.8. The molecule has 0 bridgehead atoms. The molecule has 1 heterocycles. The predicted octanol–water partition coefficient (Wildman–Crippen LogP) is -0.326. The van der Waals surface area contributed by atoms with Crippen molar-refractivity contribution >= 4 is 35.5 Å². The van der Waals surface area contributed by atoms with Gasteiger partial charge in [0.25, 0.3) is 15.0 Å². The van der Waals surface area contributed by atoms with E-state index in [0.29, 0.717) is 6.42 Å². The van der Waals surface area contributed by atoms with Crippen molar-refractivity contribution < 1.29 is 21.6 Å². The van der Waals surface area contributed by atoms with Crippen molar-refractivity contribution in [3.8, 4) is 0 Å². The van der Waals surface area contributed by atoms with E-state index in [1.165, 1.54) is 0 Å². The molecule has 0 unspecified atom stereocenters. The first-order valence-corrected chi connectivity index (χ1v) is 9.91. The minimum Gasteiger partial charge on any atom is -0.350 e.